The van der Waals surface area contributed by atoms with E-state index in [1.54, 1.807) is 22.5 Å². The number of hydrogen-bond donors (Lipinski definition) is 0. The van der Waals surface area contributed by atoms with E-state index in [1.807, 2.05) is 0 Å². The second-order valence-electron chi connectivity index (χ2n) is 5.13. The van der Waals surface area contributed by atoms with E-state index in [-0.39, 0.29) is 10.9 Å². The smallest absolute Gasteiger partial charge is 0.207 e. The minimum absolute atomic E-state index is 0.0973. The highest BCUT2D eigenvalue weighted by Crippen LogP contribution is 2.40. The van der Waals surface area contributed by atoms with Gasteiger partial charge >= 0.3 is 0 Å². The molecule has 1 heterocycles. The van der Waals surface area contributed by atoms with Crippen LogP contribution in [0, 0.1) is 0 Å². The van der Waals surface area contributed by atoms with Crippen LogP contribution in [0.1, 0.15) is 25.7 Å². The molecule has 5 nitrogen and oxygen atoms in total. The van der Waals surface area contributed by atoms with E-state index in [2.05, 4.69) is 8.73 Å². The zero-order valence-corrected chi connectivity index (χ0v) is 13.8. The molecule has 1 aliphatic carbocycles. The first kappa shape index (κ1) is 15.1. The third-order valence-electron chi connectivity index (χ3n) is 3.83. The molecule has 114 valence electrons. The highest BCUT2D eigenvalue weighted by atomic mass is 35.5. The van der Waals surface area contributed by atoms with Crippen molar-refractivity contribution >= 4 is 44.4 Å². The molecule has 1 aromatic rings. The molecule has 0 saturated heterocycles. The molecular weight excluding hydrogens is 330 g/mol. The summed E-state index contributed by atoms with van der Waals surface area (Å²) in [7, 11) is -3.55. The van der Waals surface area contributed by atoms with Crippen LogP contribution in [0.2, 0.25) is 0 Å². The zero-order chi connectivity index (χ0) is 14.9. The van der Waals surface area contributed by atoms with Crippen LogP contribution in [0.25, 0.3) is 0 Å². The Hall–Kier alpha value is -0.760. The molecule has 0 aromatic heterocycles. The van der Waals surface area contributed by atoms with Crippen molar-refractivity contribution in [1.82, 2.24) is 4.31 Å². The first-order valence-electron chi connectivity index (χ1n) is 6.93. The summed E-state index contributed by atoms with van der Waals surface area (Å²) in [5.41, 5.74) is 1.10. The van der Waals surface area contributed by atoms with E-state index >= 15 is 0 Å². The summed E-state index contributed by atoms with van der Waals surface area (Å²) in [6, 6.07) is 5.22. The molecule has 2 aliphatic rings. The Balaban J connectivity index is 1.98. The minimum atomic E-state index is -3.55. The first-order chi connectivity index (χ1) is 10.1. The summed E-state index contributed by atoms with van der Waals surface area (Å²) in [4.78, 5) is 0.259. The molecule has 1 fully saturated rings. The molecule has 3 rings (SSSR count). The maximum Gasteiger partial charge on any atom is 0.245 e. The normalized spacial score (nSPS) is 17.6. The standard InChI is InChI=1S/C13H16ClN3O2S2/c14-8-3-9-17(10-4-1-5-10)21(18,19)12-7-2-6-11-13(12)16-20-15-11/h2,6-7,10H,1,3-5,8-9H2. The molecule has 0 radical (unpaired) electrons. The molecule has 0 bridgehead atoms. The minimum Gasteiger partial charge on any atom is -0.207 e. The van der Waals surface area contributed by atoms with Gasteiger partial charge in [-0.15, -0.1) is 11.6 Å². The van der Waals surface area contributed by atoms with Crippen LogP contribution in [0.5, 0.6) is 0 Å². The molecule has 1 aromatic carbocycles. The van der Waals surface area contributed by atoms with E-state index in [4.69, 9.17) is 11.6 Å². The molecule has 0 N–H and O–H groups in total. The Kier molecular flexibility index (Phi) is 4.44. The third kappa shape index (κ3) is 2.79. The van der Waals surface area contributed by atoms with Gasteiger partial charge in [-0.25, -0.2) is 8.42 Å². The largest absolute Gasteiger partial charge is 0.245 e. The van der Waals surface area contributed by atoms with Crippen molar-refractivity contribution in [3.8, 4) is 0 Å². The van der Waals surface area contributed by atoms with Gasteiger partial charge in [0.1, 0.15) is 16.3 Å². The summed E-state index contributed by atoms with van der Waals surface area (Å²) in [5.74, 6) is 0.460. The van der Waals surface area contributed by atoms with Crippen molar-refractivity contribution in [2.75, 3.05) is 12.4 Å². The number of nitrogens with zero attached hydrogens (tertiary/aromatic N) is 3. The quantitative estimate of drug-likeness (QED) is 0.751. The number of halogens is 1. The predicted octanol–water partition coefficient (Wildman–Crippen LogP) is 3.59. The second kappa shape index (κ2) is 6.16. The van der Waals surface area contributed by atoms with Gasteiger partial charge in [-0.2, -0.15) is 13.0 Å². The summed E-state index contributed by atoms with van der Waals surface area (Å²) >= 11 is 6.78. The molecule has 1 aliphatic heterocycles. The van der Waals surface area contributed by atoms with Crippen molar-refractivity contribution < 1.29 is 8.42 Å². The highest BCUT2D eigenvalue weighted by Gasteiger charge is 2.36. The topological polar surface area (TPSA) is 62.1 Å². The molecule has 0 amide bonds. The summed E-state index contributed by atoms with van der Waals surface area (Å²) in [5, 5.41) is 0. The Bertz CT molecular complexity index is 710. The number of hydrogen-bond acceptors (Lipinski definition) is 4. The maximum atomic E-state index is 13.0. The van der Waals surface area contributed by atoms with Crippen molar-refractivity contribution in [2.45, 2.75) is 36.6 Å². The molecule has 8 heteroatoms. The highest BCUT2D eigenvalue weighted by molar-refractivity contribution is 7.89. The van der Waals surface area contributed by atoms with Crippen LogP contribution in [0.15, 0.2) is 31.8 Å². The van der Waals surface area contributed by atoms with Crippen molar-refractivity contribution in [1.29, 1.82) is 0 Å². The maximum absolute atomic E-state index is 13.0. The third-order valence-corrected chi connectivity index (χ3v) is 6.62. The lowest BCUT2D eigenvalue weighted by Crippen LogP contribution is -2.44. The molecule has 1 saturated carbocycles. The van der Waals surface area contributed by atoms with Gasteiger partial charge in [0.05, 0.1) is 11.4 Å². The SMILES string of the molecule is O=S(=O)(c1cccc2c1N=S=N2)N(CCCCl)C1CCC1. The Morgan fingerprint density at radius 3 is 2.81 bits per heavy atom. The number of benzene rings is 1. The van der Waals surface area contributed by atoms with Gasteiger partial charge in [-0.05, 0) is 31.4 Å². The van der Waals surface area contributed by atoms with E-state index in [0.29, 0.717) is 30.2 Å². The number of alkyl halides is 1. The molecular formula is C13H16ClN3O2S2. The second-order valence-corrected chi connectivity index (χ2v) is 7.90. The van der Waals surface area contributed by atoms with E-state index in [0.717, 1.165) is 30.6 Å². The van der Waals surface area contributed by atoms with Crippen LogP contribution in [-0.4, -0.2) is 31.2 Å². The Labute approximate surface area is 133 Å². The van der Waals surface area contributed by atoms with Gasteiger partial charge in [-0.3, -0.25) is 0 Å². The van der Waals surface area contributed by atoms with E-state index in [1.165, 1.54) is 0 Å². The van der Waals surface area contributed by atoms with E-state index < -0.39 is 10.0 Å². The Morgan fingerprint density at radius 1 is 1.33 bits per heavy atom. The van der Waals surface area contributed by atoms with Gasteiger partial charge in [0.25, 0.3) is 0 Å². The average molecular weight is 346 g/mol. The van der Waals surface area contributed by atoms with Crippen molar-refractivity contribution in [3.63, 3.8) is 0 Å². The lowest BCUT2D eigenvalue weighted by Gasteiger charge is -2.36. The van der Waals surface area contributed by atoms with Gasteiger partial charge in [0.15, 0.2) is 0 Å². The van der Waals surface area contributed by atoms with Gasteiger partial charge in [-0.1, -0.05) is 12.5 Å². The summed E-state index contributed by atoms with van der Waals surface area (Å²) in [6.07, 6.45) is 3.59. The van der Waals surface area contributed by atoms with Crippen molar-refractivity contribution in [2.24, 2.45) is 8.73 Å². The number of fused-ring (bicyclic) bond motifs is 1. The van der Waals surface area contributed by atoms with Gasteiger partial charge in [0.2, 0.25) is 10.0 Å². The fourth-order valence-electron chi connectivity index (χ4n) is 2.51. The van der Waals surface area contributed by atoms with Gasteiger partial charge in [0, 0.05) is 18.5 Å². The van der Waals surface area contributed by atoms with E-state index in [9.17, 15) is 8.42 Å². The number of rotatable bonds is 6. The van der Waals surface area contributed by atoms with Gasteiger partial charge < -0.3 is 0 Å². The van der Waals surface area contributed by atoms with Crippen LogP contribution in [0.3, 0.4) is 0 Å². The van der Waals surface area contributed by atoms with Crippen LogP contribution >= 0.6 is 11.6 Å². The zero-order valence-electron chi connectivity index (χ0n) is 11.4. The molecule has 21 heavy (non-hydrogen) atoms. The average Bonchev–Trinajstić information content (AvgIpc) is 2.88. The fraction of sp³-hybridized carbons (Fsp3) is 0.538. The fourth-order valence-corrected chi connectivity index (χ4v) is 5.10. The molecule has 0 atom stereocenters. The van der Waals surface area contributed by atoms with Crippen LogP contribution < -0.4 is 0 Å². The lowest BCUT2D eigenvalue weighted by molar-refractivity contribution is 0.220. The van der Waals surface area contributed by atoms with Crippen LogP contribution in [-0.2, 0) is 21.4 Å². The number of sulfonamides is 1. The lowest BCUT2D eigenvalue weighted by atomic mass is 9.93. The Morgan fingerprint density at radius 2 is 2.14 bits per heavy atom. The summed E-state index contributed by atoms with van der Waals surface area (Å²) < 4.78 is 35.9. The molecule has 0 unspecified atom stereocenters. The predicted molar refractivity (Wildman–Crippen MR) is 84.9 cm³/mol. The van der Waals surface area contributed by atoms with Crippen molar-refractivity contribution in [3.05, 3.63) is 18.2 Å². The monoisotopic (exact) mass is 345 g/mol. The van der Waals surface area contributed by atoms with Crippen LogP contribution in [0.4, 0.5) is 11.4 Å². The molecule has 0 spiro atoms. The first-order valence-corrected chi connectivity index (χ1v) is 9.64. The summed E-state index contributed by atoms with van der Waals surface area (Å²) in [6.45, 7) is 0.463.